The zero-order valence-electron chi connectivity index (χ0n) is 12.0. The number of anilines is 1. The second-order valence-corrected chi connectivity index (χ2v) is 4.84. The van der Waals surface area contributed by atoms with Crippen LogP contribution in [0.1, 0.15) is 17.5 Å². The molecule has 0 fully saturated rings. The lowest BCUT2D eigenvalue weighted by Crippen LogP contribution is -2.07. The Morgan fingerprint density at radius 3 is 2.36 bits per heavy atom. The first-order valence-electron chi connectivity index (χ1n) is 6.78. The summed E-state index contributed by atoms with van der Waals surface area (Å²) in [5, 5.41) is 19.8. The minimum atomic E-state index is -4.35. The molecule has 1 heterocycles. The molecule has 1 aromatic carbocycles. The van der Waals surface area contributed by atoms with Crippen LogP contribution >= 0.6 is 0 Å². The fraction of sp³-hybridized carbons (Fsp3) is 0.333. The minimum absolute atomic E-state index is 0.0864. The van der Waals surface area contributed by atoms with Gasteiger partial charge in [-0.05, 0) is 37.1 Å². The van der Waals surface area contributed by atoms with E-state index in [9.17, 15) is 13.2 Å². The monoisotopic (exact) mass is 311 g/mol. The average Bonchev–Trinajstić information content (AvgIpc) is 2.47. The van der Waals surface area contributed by atoms with Crippen LogP contribution in [0.5, 0.6) is 0 Å². The van der Waals surface area contributed by atoms with Gasteiger partial charge in [-0.15, -0.1) is 10.2 Å². The molecule has 4 nitrogen and oxygen atoms in total. The number of aromatic nitrogens is 2. The van der Waals surface area contributed by atoms with Gasteiger partial charge < -0.3 is 10.4 Å². The number of hydrogen-bond donors (Lipinski definition) is 2. The van der Waals surface area contributed by atoms with Crippen LogP contribution in [0.3, 0.4) is 0 Å². The molecule has 22 heavy (non-hydrogen) atoms. The number of nitrogens with zero attached hydrogens (tertiary/aromatic N) is 2. The Hall–Kier alpha value is -2.15. The van der Waals surface area contributed by atoms with Crippen molar-refractivity contribution in [2.75, 3.05) is 18.5 Å². The Morgan fingerprint density at radius 1 is 1.14 bits per heavy atom. The number of hydrogen-bond acceptors (Lipinski definition) is 4. The molecule has 0 atom stereocenters. The predicted molar refractivity (Wildman–Crippen MR) is 77.4 cm³/mol. The van der Waals surface area contributed by atoms with Gasteiger partial charge in [0.2, 0.25) is 0 Å². The van der Waals surface area contributed by atoms with Crippen molar-refractivity contribution in [3.05, 3.63) is 41.5 Å². The molecule has 0 aliphatic carbocycles. The van der Waals surface area contributed by atoms with E-state index >= 15 is 0 Å². The van der Waals surface area contributed by atoms with Crippen LogP contribution in [0.4, 0.5) is 19.0 Å². The second-order valence-electron chi connectivity index (χ2n) is 4.84. The third kappa shape index (κ3) is 3.94. The first kappa shape index (κ1) is 16.2. The molecule has 0 aliphatic heterocycles. The van der Waals surface area contributed by atoms with Crippen LogP contribution in [0.25, 0.3) is 11.3 Å². The Kier molecular flexibility index (Phi) is 4.97. The molecule has 0 saturated carbocycles. The van der Waals surface area contributed by atoms with Gasteiger partial charge in [0.15, 0.2) is 0 Å². The third-order valence-electron chi connectivity index (χ3n) is 3.11. The Bertz CT molecular complexity index is 627. The van der Waals surface area contributed by atoms with Crippen molar-refractivity contribution >= 4 is 5.82 Å². The van der Waals surface area contributed by atoms with Crippen molar-refractivity contribution in [1.29, 1.82) is 0 Å². The van der Waals surface area contributed by atoms with Gasteiger partial charge in [-0.2, -0.15) is 13.2 Å². The molecule has 0 unspecified atom stereocenters. The van der Waals surface area contributed by atoms with Crippen LogP contribution in [-0.2, 0) is 6.18 Å². The lowest BCUT2D eigenvalue weighted by molar-refractivity contribution is -0.137. The molecule has 2 N–H and O–H groups in total. The first-order chi connectivity index (χ1) is 10.4. The predicted octanol–water partition coefficient (Wildman–Crippen LogP) is 3.27. The van der Waals surface area contributed by atoms with E-state index in [0.29, 0.717) is 30.0 Å². The van der Waals surface area contributed by atoms with E-state index in [2.05, 4.69) is 15.5 Å². The summed E-state index contributed by atoms with van der Waals surface area (Å²) in [6, 6.07) is 6.61. The molecule has 1 aromatic heterocycles. The van der Waals surface area contributed by atoms with Crippen molar-refractivity contribution < 1.29 is 18.3 Å². The number of halogens is 3. The molecule has 2 aromatic rings. The number of rotatable bonds is 5. The zero-order valence-corrected chi connectivity index (χ0v) is 12.0. The summed E-state index contributed by atoms with van der Waals surface area (Å²) < 4.78 is 37.6. The highest BCUT2D eigenvalue weighted by Crippen LogP contribution is 2.31. The number of aryl methyl sites for hydroxylation is 1. The van der Waals surface area contributed by atoms with E-state index in [1.807, 2.05) is 6.92 Å². The molecule has 7 heteroatoms. The first-order valence-corrected chi connectivity index (χ1v) is 6.78. The number of aliphatic hydroxyl groups excluding tert-OH is 1. The molecule has 2 rings (SSSR count). The summed E-state index contributed by atoms with van der Waals surface area (Å²) in [4.78, 5) is 0. The fourth-order valence-corrected chi connectivity index (χ4v) is 1.97. The Labute approximate surface area is 126 Å². The van der Waals surface area contributed by atoms with Crippen molar-refractivity contribution in [2.45, 2.75) is 19.5 Å². The van der Waals surface area contributed by atoms with Gasteiger partial charge in [0.25, 0.3) is 0 Å². The van der Waals surface area contributed by atoms with Crippen molar-refractivity contribution in [3.8, 4) is 11.3 Å². The Balaban J connectivity index is 2.18. The normalized spacial score (nSPS) is 11.5. The van der Waals surface area contributed by atoms with Crippen LogP contribution < -0.4 is 5.32 Å². The highest BCUT2D eigenvalue weighted by Gasteiger charge is 2.30. The smallest absolute Gasteiger partial charge is 0.396 e. The van der Waals surface area contributed by atoms with Gasteiger partial charge in [0.1, 0.15) is 5.82 Å². The third-order valence-corrected chi connectivity index (χ3v) is 3.11. The van der Waals surface area contributed by atoms with Crippen LogP contribution in [0, 0.1) is 6.92 Å². The van der Waals surface area contributed by atoms with Gasteiger partial charge in [0.05, 0.1) is 11.3 Å². The highest BCUT2D eigenvalue weighted by atomic mass is 19.4. The number of alkyl halides is 3. The SMILES string of the molecule is Cc1cc(NCCCO)nnc1-c1ccc(C(F)(F)F)cc1. The molecule has 0 saturated heterocycles. The van der Waals surface area contributed by atoms with Gasteiger partial charge in [0, 0.05) is 18.7 Å². The van der Waals surface area contributed by atoms with E-state index < -0.39 is 11.7 Å². The minimum Gasteiger partial charge on any atom is -0.396 e. The fourth-order valence-electron chi connectivity index (χ4n) is 1.97. The van der Waals surface area contributed by atoms with Crippen LogP contribution in [-0.4, -0.2) is 28.5 Å². The lowest BCUT2D eigenvalue weighted by Gasteiger charge is -2.10. The van der Waals surface area contributed by atoms with E-state index in [1.165, 1.54) is 12.1 Å². The van der Waals surface area contributed by atoms with Crippen LogP contribution in [0.15, 0.2) is 30.3 Å². The van der Waals surface area contributed by atoms with E-state index in [4.69, 9.17) is 5.11 Å². The average molecular weight is 311 g/mol. The molecule has 0 spiro atoms. The van der Waals surface area contributed by atoms with Gasteiger partial charge in [-0.25, -0.2) is 0 Å². The summed E-state index contributed by atoms with van der Waals surface area (Å²) >= 11 is 0. The number of nitrogens with one attached hydrogen (secondary N) is 1. The largest absolute Gasteiger partial charge is 0.416 e. The number of aliphatic hydroxyl groups is 1. The summed E-state index contributed by atoms with van der Waals surface area (Å²) in [6.07, 6.45) is -3.75. The Morgan fingerprint density at radius 2 is 1.82 bits per heavy atom. The van der Waals surface area contributed by atoms with Gasteiger partial charge in [-0.3, -0.25) is 0 Å². The summed E-state index contributed by atoms with van der Waals surface area (Å²) in [5.74, 6) is 0.571. The van der Waals surface area contributed by atoms with E-state index in [1.54, 1.807) is 6.07 Å². The topological polar surface area (TPSA) is 58.0 Å². The summed E-state index contributed by atoms with van der Waals surface area (Å²) in [5.41, 5.74) is 1.24. The molecule has 118 valence electrons. The standard InChI is InChI=1S/C15H16F3N3O/c1-10-9-13(19-7-2-8-22)20-21-14(10)11-3-5-12(6-4-11)15(16,17)18/h3-6,9,22H,2,7-8H2,1H3,(H,19,20). The number of benzene rings is 1. The maximum Gasteiger partial charge on any atom is 0.416 e. The highest BCUT2D eigenvalue weighted by molar-refractivity contribution is 5.64. The maximum absolute atomic E-state index is 12.5. The quantitative estimate of drug-likeness (QED) is 0.832. The lowest BCUT2D eigenvalue weighted by atomic mass is 10.1. The summed E-state index contributed by atoms with van der Waals surface area (Å²) in [6.45, 7) is 2.48. The van der Waals surface area contributed by atoms with E-state index in [0.717, 1.165) is 17.7 Å². The van der Waals surface area contributed by atoms with Crippen molar-refractivity contribution in [2.24, 2.45) is 0 Å². The van der Waals surface area contributed by atoms with Crippen LogP contribution in [0.2, 0.25) is 0 Å². The maximum atomic E-state index is 12.5. The molecular weight excluding hydrogens is 295 g/mol. The van der Waals surface area contributed by atoms with E-state index in [-0.39, 0.29) is 6.61 Å². The molecule has 0 aliphatic rings. The summed E-state index contributed by atoms with van der Waals surface area (Å²) in [7, 11) is 0. The zero-order chi connectivity index (χ0) is 16.2. The van der Waals surface area contributed by atoms with Crippen molar-refractivity contribution in [3.63, 3.8) is 0 Å². The van der Waals surface area contributed by atoms with Gasteiger partial charge in [-0.1, -0.05) is 12.1 Å². The molecular formula is C15H16F3N3O. The second kappa shape index (κ2) is 6.74. The van der Waals surface area contributed by atoms with Crippen molar-refractivity contribution in [1.82, 2.24) is 10.2 Å². The molecule has 0 amide bonds. The molecule has 0 bridgehead atoms. The molecule has 0 radical (unpaired) electrons. The van der Waals surface area contributed by atoms with Gasteiger partial charge >= 0.3 is 6.18 Å².